The number of aromatic nitrogens is 2. The average Bonchev–Trinajstić information content (AvgIpc) is 2.76. The van der Waals surface area contributed by atoms with E-state index in [1.54, 1.807) is 6.20 Å². The van der Waals surface area contributed by atoms with Crippen molar-refractivity contribution in [1.82, 2.24) is 10.2 Å². The molecule has 4 nitrogen and oxygen atoms in total. The highest BCUT2D eigenvalue weighted by atomic mass is 15.3. The number of hydrogen-bond donors (Lipinski definition) is 1. The zero-order chi connectivity index (χ0) is 11.0. The highest BCUT2D eigenvalue weighted by molar-refractivity contribution is 5.38. The maximum absolute atomic E-state index is 6.20. The summed E-state index contributed by atoms with van der Waals surface area (Å²) in [6, 6.07) is 4.38. The lowest BCUT2D eigenvalue weighted by Gasteiger charge is -2.29. The topological polar surface area (TPSA) is 55.0 Å². The third-order valence-electron chi connectivity index (χ3n) is 4.04. The highest BCUT2D eigenvalue weighted by Gasteiger charge is 2.39. The Balaban J connectivity index is 1.77. The summed E-state index contributed by atoms with van der Waals surface area (Å²) < 4.78 is 0. The minimum absolute atomic E-state index is 0.389. The SMILES string of the molecule is NC1CCCC2CN(c3cccnn3)CC12. The number of nitrogens with zero attached hydrogens (tertiary/aromatic N) is 3. The van der Waals surface area contributed by atoms with E-state index in [1.807, 2.05) is 12.1 Å². The quantitative estimate of drug-likeness (QED) is 0.765. The molecule has 1 aromatic heterocycles. The standard InChI is InChI=1S/C12H18N4/c13-11-4-1-3-9-7-16(8-10(9)11)12-5-2-6-14-15-12/h2,5-6,9-11H,1,3-4,7-8,13H2. The van der Waals surface area contributed by atoms with Crippen LogP contribution in [0.25, 0.3) is 0 Å². The molecule has 1 aliphatic heterocycles. The van der Waals surface area contributed by atoms with Gasteiger partial charge in [0.2, 0.25) is 0 Å². The fourth-order valence-electron chi connectivity index (χ4n) is 3.17. The van der Waals surface area contributed by atoms with Crippen LogP contribution in [0.4, 0.5) is 5.82 Å². The van der Waals surface area contributed by atoms with E-state index >= 15 is 0 Å². The maximum atomic E-state index is 6.20. The summed E-state index contributed by atoms with van der Waals surface area (Å²) in [6.07, 6.45) is 5.53. The molecule has 1 saturated carbocycles. The monoisotopic (exact) mass is 218 g/mol. The third kappa shape index (κ3) is 1.67. The Morgan fingerprint density at radius 2 is 2.25 bits per heavy atom. The molecular formula is C12H18N4. The molecule has 16 heavy (non-hydrogen) atoms. The molecule has 0 amide bonds. The molecule has 0 spiro atoms. The molecule has 2 heterocycles. The summed E-state index contributed by atoms with van der Waals surface area (Å²) >= 11 is 0. The molecule has 1 aromatic rings. The molecule has 1 aliphatic carbocycles. The van der Waals surface area contributed by atoms with Gasteiger partial charge in [-0.15, -0.1) is 5.10 Å². The zero-order valence-corrected chi connectivity index (χ0v) is 9.42. The van der Waals surface area contributed by atoms with Crippen molar-refractivity contribution < 1.29 is 0 Å². The normalized spacial score (nSPS) is 33.8. The molecule has 0 aromatic carbocycles. The number of hydrogen-bond acceptors (Lipinski definition) is 4. The predicted octanol–water partition coefficient (Wildman–Crippen LogP) is 1.04. The molecule has 2 fully saturated rings. The third-order valence-corrected chi connectivity index (χ3v) is 4.04. The van der Waals surface area contributed by atoms with Gasteiger partial charge < -0.3 is 10.6 Å². The summed E-state index contributed by atoms with van der Waals surface area (Å²) in [5.74, 6) is 2.44. The summed E-state index contributed by atoms with van der Waals surface area (Å²) in [4.78, 5) is 2.34. The minimum Gasteiger partial charge on any atom is -0.354 e. The second kappa shape index (κ2) is 4.01. The van der Waals surface area contributed by atoms with Crippen molar-refractivity contribution in [3.8, 4) is 0 Å². The van der Waals surface area contributed by atoms with E-state index in [4.69, 9.17) is 5.73 Å². The van der Waals surface area contributed by atoms with Crippen LogP contribution < -0.4 is 10.6 Å². The highest BCUT2D eigenvalue weighted by Crippen LogP contribution is 2.36. The molecule has 3 rings (SSSR count). The lowest BCUT2D eigenvalue weighted by atomic mass is 9.78. The molecule has 86 valence electrons. The van der Waals surface area contributed by atoms with Gasteiger partial charge in [0, 0.05) is 25.3 Å². The lowest BCUT2D eigenvalue weighted by Crippen LogP contribution is -2.38. The van der Waals surface area contributed by atoms with Crippen molar-refractivity contribution in [1.29, 1.82) is 0 Å². The summed E-state index contributed by atoms with van der Waals surface area (Å²) in [5, 5.41) is 8.12. The molecule has 2 aliphatic rings. The first-order chi connectivity index (χ1) is 7.84. The van der Waals surface area contributed by atoms with Crippen LogP contribution >= 0.6 is 0 Å². The van der Waals surface area contributed by atoms with Crippen molar-refractivity contribution >= 4 is 5.82 Å². The molecule has 3 atom stereocenters. The predicted molar refractivity (Wildman–Crippen MR) is 63.1 cm³/mol. The average molecular weight is 218 g/mol. The van der Waals surface area contributed by atoms with Gasteiger partial charge in [-0.25, -0.2) is 0 Å². The van der Waals surface area contributed by atoms with Crippen molar-refractivity contribution in [3.63, 3.8) is 0 Å². The Kier molecular flexibility index (Phi) is 2.52. The first-order valence-corrected chi connectivity index (χ1v) is 6.13. The van der Waals surface area contributed by atoms with Gasteiger partial charge in [-0.05, 0) is 36.8 Å². The fourth-order valence-corrected chi connectivity index (χ4v) is 3.17. The van der Waals surface area contributed by atoms with Gasteiger partial charge >= 0.3 is 0 Å². The largest absolute Gasteiger partial charge is 0.354 e. The van der Waals surface area contributed by atoms with Crippen LogP contribution in [0, 0.1) is 11.8 Å². The molecule has 4 heteroatoms. The van der Waals surface area contributed by atoms with Gasteiger partial charge in [0.05, 0.1) is 0 Å². The number of rotatable bonds is 1. The lowest BCUT2D eigenvalue weighted by molar-refractivity contribution is 0.260. The van der Waals surface area contributed by atoms with E-state index in [0.717, 1.165) is 24.8 Å². The molecule has 1 saturated heterocycles. The fraction of sp³-hybridized carbons (Fsp3) is 0.667. The Hall–Kier alpha value is -1.16. The summed E-state index contributed by atoms with van der Waals surface area (Å²) in [7, 11) is 0. The van der Waals surface area contributed by atoms with Crippen LogP contribution in [0.15, 0.2) is 18.3 Å². The second-order valence-electron chi connectivity index (χ2n) is 5.01. The van der Waals surface area contributed by atoms with Gasteiger partial charge in [-0.1, -0.05) is 6.42 Å². The van der Waals surface area contributed by atoms with Crippen LogP contribution in [-0.4, -0.2) is 29.3 Å². The Labute approximate surface area is 95.8 Å². The van der Waals surface area contributed by atoms with Gasteiger partial charge in [0.25, 0.3) is 0 Å². The molecule has 2 N–H and O–H groups in total. The Morgan fingerprint density at radius 1 is 1.31 bits per heavy atom. The smallest absolute Gasteiger partial charge is 0.151 e. The van der Waals surface area contributed by atoms with Crippen molar-refractivity contribution in [2.45, 2.75) is 25.3 Å². The summed E-state index contributed by atoms with van der Waals surface area (Å²) in [5.41, 5.74) is 6.20. The van der Waals surface area contributed by atoms with Crippen molar-refractivity contribution in [3.05, 3.63) is 18.3 Å². The molecule has 3 unspecified atom stereocenters. The zero-order valence-electron chi connectivity index (χ0n) is 9.42. The summed E-state index contributed by atoms with van der Waals surface area (Å²) in [6.45, 7) is 2.17. The molecular weight excluding hydrogens is 200 g/mol. The first-order valence-electron chi connectivity index (χ1n) is 6.13. The number of anilines is 1. The second-order valence-corrected chi connectivity index (χ2v) is 5.01. The number of fused-ring (bicyclic) bond motifs is 1. The minimum atomic E-state index is 0.389. The Bertz CT molecular complexity index is 353. The van der Waals surface area contributed by atoms with Gasteiger partial charge in [-0.2, -0.15) is 5.10 Å². The van der Waals surface area contributed by atoms with Crippen LogP contribution in [-0.2, 0) is 0 Å². The van der Waals surface area contributed by atoms with E-state index in [2.05, 4.69) is 15.1 Å². The van der Waals surface area contributed by atoms with Crippen LogP contribution in [0.5, 0.6) is 0 Å². The van der Waals surface area contributed by atoms with Crippen molar-refractivity contribution in [2.75, 3.05) is 18.0 Å². The van der Waals surface area contributed by atoms with Crippen molar-refractivity contribution in [2.24, 2.45) is 17.6 Å². The van der Waals surface area contributed by atoms with Gasteiger partial charge in [0.1, 0.15) is 0 Å². The molecule has 0 bridgehead atoms. The van der Waals surface area contributed by atoms with E-state index in [1.165, 1.54) is 19.3 Å². The van der Waals surface area contributed by atoms with E-state index in [-0.39, 0.29) is 0 Å². The van der Waals surface area contributed by atoms with Crippen LogP contribution in [0.1, 0.15) is 19.3 Å². The van der Waals surface area contributed by atoms with E-state index < -0.39 is 0 Å². The van der Waals surface area contributed by atoms with Crippen LogP contribution in [0.2, 0.25) is 0 Å². The maximum Gasteiger partial charge on any atom is 0.151 e. The van der Waals surface area contributed by atoms with Gasteiger partial charge in [-0.3, -0.25) is 0 Å². The van der Waals surface area contributed by atoms with Gasteiger partial charge in [0.15, 0.2) is 5.82 Å². The van der Waals surface area contributed by atoms with E-state index in [0.29, 0.717) is 12.0 Å². The Morgan fingerprint density at radius 3 is 3.00 bits per heavy atom. The number of nitrogens with two attached hydrogens (primary N) is 1. The first kappa shape index (κ1) is 10.0. The van der Waals surface area contributed by atoms with E-state index in [9.17, 15) is 0 Å². The van der Waals surface area contributed by atoms with Crippen LogP contribution in [0.3, 0.4) is 0 Å². The molecule has 0 radical (unpaired) electrons.